The molecule has 0 saturated carbocycles. The standard InChI is InChI=1S/C17H20F4N2O3/c18-16(19)17(20,21)10-26-9-14(24)23-5-4-12(8-23)6-11-2-1-3-13(7-11)15(22)25/h1-3,7,12,16H,4-6,8-10H2,(H2,22,25). The summed E-state index contributed by atoms with van der Waals surface area (Å²) in [4.78, 5) is 24.6. The molecule has 1 atom stereocenters. The van der Waals surface area contributed by atoms with Crippen molar-refractivity contribution in [2.75, 3.05) is 26.3 Å². The van der Waals surface area contributed by atoms with E-state index in [0.29, 0.717) is 31.5 Å². The molecule has 144 valence electrons. The highest BCUT2D eigenvalue weighted by atomic mass is 19.3. The second-order valence-corrected chi connectivity index (χ2v) is 6.32. The van der Waals surface area contributed by atoms with Crippen molar-refractivity contribution >= 4 is 11.8 Å². The van der Waals surface area contributed by atoms with Crippen molar-refractivity contribution in [1.29, 1.82) is 0 Å². The highest BCUT2D eigenvalue weighted by Crippen LogP contribution is 2.24. The zero-order valence-electron chi connectivity index (χ0n) is 14.0. The highest BCUT2D eigenvalue weighted by molar-refractivity contribution is 5.92. The van der Waals surface area contributed by atoms with Gasteiger partial charge in [-0.15, -0.1) is 0 Å². The van der Waals surface area contributed by atoms with Crippen molar-refractivity contribution in [2.45, 2.75) is 25.2 Å². The number of amides is 2. The minimum absolute atomic E-state index is 0.143. The van der Waals surface area contributed by atoms with Crippen LogP contribution < -0.4 is 5.73 Å². The Kier molecular flexibility index (Phi) is 6.57. The first-order chi connectivity index (χ1) is 12.2. The fourth-order valence-electron chi connectivity index (χ4n) is 2.84. The van der Waals surface area contributed by atoms with Crippen LogP contribution in [-0.4, -0.2) is 55.4 Å². The topological polar surface area (TPSA) is 72.6 Å². The average Bonchev–Trinajstić information content (AvgIpc) is 3.03. The molecule has 9 heteroatoms. The molecule has 1 aromatic rings. The molecule has 1 saturated heterocycles. The van der Waals surface area contributed by atoms with E-state index in [0.717, 1.165) is 5.56 Å². The lowest BCUT2D eigenvalue weighted by Crippen LogP contribution is -2.36. The molecule has 1 fully saturated rings. The molecule has 2 rings (SSSR count). The Balaban J connectivity index is 1.80. The number of nitrogens with zero attached hydrogens (tertiary/aromatic N) is 1. The van der Waals surface area contributed by atoms with Crippen LogP contribution >= 0.6 is 0 Å². The molecule has 2 N–H and O–H groups in total. The minimum atomic E-state index is -4.26. The molecular formula is C17H20F4N2O3. The van der Waals surface area contributed by atoms with E-state index < -0.39 is 37.4 Å². The normalized spacial score (nSPS) is 17.7. The van der Waals surface area contributed by atoms with Gasteiger partial charge in [-0.3, -0.25) is 9.59 Å². The summed E-state index contributed by atoms with van der Waals surface area (Å²) in [5, 5.41) is 0. The van der Waals surface area contributed by atoms with E-state index in [-0.39, 0.29) is 5.92 Å². The van der Waals surface area contributed by atoms with Crippen molar-refractivity contribution in [3.63, 3.8) is 0 Å². The smallest absolute Gasteiger partial charge is 0.330 e. The van der Waals surface area contributed by atoms with Gasteiger partial charge in [0.1, 0.15) is 13.2 Å². The Hall–Kier alpha value is -2.16. The zero-order valence-corrected chi connectivity index (χ0v) is 14.0. The first-order valence-electron chi connectivity index (χ1n) is 8.09. The summed E-state index contributed by atoms with van der Waals surface area (Å²) in [6, 6.07) is 6.89. The second-order valence-electron chi connectivity index (χ2n) is 6.32. The lowest BCUT2D eigenvalue weighted by Gasteiger charge is -2.19. The first kappa shape index (κ1) is 20.2. The molecule has 1 aliphatic heterocycles. The van der Waals surface area contributed by atoms with Crippen molar-refractivity contribution in [3.05, 3.63) is 35.4 Å². The van der Waals surface area contributed by atoms with Crippen LogP contribution in [0.25, 0.3) is 0 Å². The van der Waals surface area contributed by atoms with Crippen LogP contribution in [0.15, 0.2) is 24.3 Å². The van der Waals surface area contributed by atoms with Gasteiger partial charge in [-0.05, 0) is 36.5 Å². The number of ether oxygens (including phenoxy) is 1. The number of benzene rings is 1. The zero-order chi connectivity index (χ0) is 19.3. The van der Waals surface area contributed by atoms with E-state index in [4.69, 9.17) is 5.73 Å². The van der Waals surface area contributed by atoms with Gasteiger partial charge >= 0.3 is 12.3 Å². The summed E-state index contributed by atoms with van der Waals surface area (Å²) in [5.41, 5.74) is 6.56. The molecule has 1 heterocycles. The number of nitrogens with two attached hydrogens (primary N) is 1. The van der Waals surface area contributed by atoms with Crippen LogP contribution in [0.5, 0.6) is 0 Å². The quantitative estimate of drug-likeness (QED) is 0.706. The highest BCUT2D eigenvalue weighted by Gasteiger charge is 2.41. The van der Waals surface area contributed by atoms with Crippen molar-refractivity contribution in [2.24, 2.45) is 11.7 Å². The monoisotopic (exact) mass is 376 g/mol. The minimum Gasteiger partial charge on any atom is -0.366 e. The number of carbonyl (C=O) groups is 2. The fraction of sp³-hybridized carbons (Fsp3) is 0.529. The molecule has 2 amide bonds. The number of hydrogen-bond donors (Lipinski definition) is 1. The fourth-order valence-corrected chi connectivity index (χ4v) is 2.84. The summed E-state index contributed by atoms with van der Waals surface area (Å²) in [5.74, 6) is -5.15. The average molecular weight is 376 g/mol. The van der Waals surface area contributed by atoms with Gasteiger partial charge in [0.05, 0.1) is 0 Å². The largest absolute Gasteiger partial charge is 0.366 e. The second kappa shape index (κ2) is 8.48. The van der Waals surface area contributed by atoms with Crippen LogP contribution in [0.2, 0.25) is 0 Å². The molecule has 1 unspecified atom stereocenters. The predicted octanol–water partition coefficient (Wildman–Crippen LogP) is 2.09. The third-order valence-corrected chi connectivity index (χ3v) is 4.21. The molecule has 5 nitrogen and oxygen atoms in total. The number of rotatable bonds is 8. The summed E-state index contributed by atoms with van der Waals surface area (Å²) in [6.07, 6.45) is -2.49. The molecule has 0 aromatic heterocycles. The van der Waals surface area contributed by atoms with Gasteiger partial charge in [0.2, 0.25) is 11.8 Å². The molecular weight excluding hydrogens is 356 g/mol. The van der Waals surface area contributed by atoms with Crippen LogP contribution in [0.4, 0.5) is 17.6 Å². The van der Waals surface area contributed by atoms with Gasteiger partial charge in [0.15, 0.2) is 0 Å². The molecule has 0 aliphatic carbocycles. The number of likely N-dealkylation sites (tertiary alicyclic amines) is 1. The van der Waals surface area contributed by atoms with Crippen LogP contribution in [0.3, 0.4) is 0 Å². The van der Waals surface area contributed by atoms with E-state index in [9.17, 15) is 27.2 Å². The molecule has 0 radical (unpaired) electrons. The van der Waals surface area contributed by atoms with E-state index in [1.54, 1.807) is 18.2 Å². The molecule has 0 bridgehead atoms. The Bertz CT molecular complexity index is 655. The maximum Gasteiger partial charge on any atom is 0.330 e. The first-order valence-corrected chi connectivity index (χ1v) is 8.09. The number of alkyl halides is 4. The number of halogens is 4. The molecule has 1 aliphatic rings. The van der Waals surface area contributed by atoms with E-state index in [1.165, 1.54) is 4.90 Å². The lowest BCUT2D eigenvalue weighted by molar-refractivity contribution is -0.170. The van der Waals surface area contributed by atoms with Gasteiger partial charge in [-0.1, -0.05) is 12.1 Å². The lowest BCUT2D eigenvalue weighted by atomic mass is 9.97. The Morgan fingerprint density at radius 1 is 1.35 bits per heavy atom. The van der Waals surface area contributed by atoms with Crippen LogP contribution in [0.1, 0.15) is 22.3 Å². The van der Waals surface area contributed by atoms with Gasteiger partial charge in [-0.2, -0.15) is 8.78 Å². The Morgan fingerprint density at radius 3 is 2.73 bits per heavy atom. The summed E-state index contributed by atoms with van der Waals surface area (Å²) < 4.78 is 54.0. The van der Waals surface area contributed by atoms with Crippen LogP contribution in [0, 0.1) is 5.92 Å². The van der Waals surface area contributed by atoms with Gasteiger partial charge < -0.3 is 15.4 Å². The van der Waals surface area contributed by atoms with E-state index in [2.05, 4.69) is 4.74 Å². The molecule has 26 heavy (non-hydrogen) atoms. The third-order valence-electron chi connectivity index (χ3n) is 4.21. The maximum atomic E-state index is 12.7. The van der Waals surface area contributed by atoms with Gasteiger partial charge in [0.25, 0.3) is 0 Å². The third kappa shape index (κ3) is 5.42. The number of hydrogen-bond acceptors (Lipinski definition) is 3. The molecule has 0 spiro atoms. The van der Waals surface area contributed by atoms with E-state index in [1.807, 2.05) is 6.07 Å². The predicted molar refractivity (Wildman–Crippen MR) is 85.1 cm³/mol. The SMILES string of the molecule is NC(=O)c1cccc(CC2CCN(C(=O)COCC(F)(F)C(F)F)C2)c1. The van der Waals surface area contributed by atoms with Crippen molar-refractivity contribution < 1.29 is 31.9 Å². The maximum absolute atomic E-state index is 12.7. The van der Waals surface area contributed by atoms with Crippen molar-refractivity contribution in [3.8, 4) is 0 Å². The summed E-state index contributed by atoms with van der Waals surface area (Å²) >= 11 is 0. The Morgan fingerprint density at radius 2 is 2.08 bits per heavy atom. The summed E-state index contributed by atoms with van der Waals surface area (Å²) in [6.45, 7) is -1.30. The van der Waals surface area contributed by atoms with Gasteiger partial charge in [0, 0.05) is 18.7 Å². The van der Waals surface area contributed by atoms with Crippen molar-refractivity contribution in [1.82, 2.24) is 4.90 Å². The molecule has 1 aromatic carbocycles. The Labute approximate surface area is 148 Å². The number of primary amides is 1. The van der Waals surface area contributed by atoms with Gasteiger partial charge in [-0.25, -0.2) is 8.78 Å². The summed E-state index contributed by atoms with van der Waals surface area (Å²) in [7, 11) is 0. The number of carbonyl (C=O) groups excluding carboxylic acids is 2. The van der Waals surface area contributed by atoms with E-state index >= 15 is 0 Å². The van der Waals surface area contributed by atoms with Crippen LogP contribution in [-0.2, 0) is 16.0 Å².